The lowest BCUT2D eigenvalue weighted by Gasteiger charge is -2.19. The molecule has 2 aromatic rings. The summed E-state index contributed by atoms with van der Waals surface area (Å²) >= 11 is 0. The molecule has 1 atom stereocenters. The zero-order chi connectivity index (χ0) is 14.2. The summed E-state index contributed by atoms with van der Waals surface area (Å²) in [6.07, 6.45) is -0.120. The van der Waals surface area contributed by atoms with Gasteiger partial charge in [0, 0.05) is 6.54 Å². The van der Waals surface area contributed by atoms with Crippen LogP contribution >= 0.6 is 0 Å². The summed E-state index contributed by atoms with van der Waals surface area (Å²) in [5, 5.41) is 0. The first-order valence-corrected chi connectivity index (χ1v) is 6.85. The molecular weight excluding hydrogens is 250 g/mol. The van der Waals surface area contributed by atoms with Gasteiger partial charge < -0.3 is 15.2 Å². The fourth-order valence-corrected chi connectivity index (χ4v) is 1.92. The molecule has 0 aromatic heterocycles. The van der Waals surface area contributed by atoms with E-state index in [0.717, 1.165) is 11.3 Å². The third-order valence-electron chi connectivity index (χ3n) is 3.00. The van der Waals surface area contributed by atoms with Gasteiger partial charge in [0.1, 0.15) is 11.9 Å². The molecule has 0 saturated heterocycles. The van der Waals surface area contributed by atoms with Crippen LogP contribution in [-0.4, -0.2) is 19.8 Å². The highest BCUT2D eigenvalue weighted by Gasteiger charge is 2.13. The van der Waals surface area contributed by atoms with Gasteiger partial charge >= 0.3 is 0 Å². The van der Waals surface area contributed by atoms with Crippen molar-refractivity contribution in [3.63, 3.8) is 0 Å². The molecule has 3 heteroatoms. The van der Waals surface area contributed by atoms with Crippen LogP contribution in [0.2, 0.25) is 0 Å². The van der Waals surface area contributed by atoms with Crippen molar-refractivity contribution in [3.05, 3.63) is 65.7 Å². The second-order valence-electron chi connectivity index (χ2n) is 4.69. The molecule has 0 aliphatic heterocycles. The van der Waals surface area contributed by atoms with Gasteiger partial charge in [-0.15, -0.1) is 0 Å². The SMILES string of the molecule is Cc1ccc(OC(COCCN)c2ccccc2)cc1. The molecule has 106 valence electrons. The number of ether oxygens (including phenoxy) is 2. The predicted molar refractivity (Wildman–Crippen MR) is 80.9 cm³/mol. The summed E-state index contributed by atoms with van der Waals surface area (Å²) in [4.78, 5) is 0. The fourth-order valence-electron chi connectivity index (χ4n) is 1.92. The second kappa shape index (κ2) is 7.68. The van der Waals surface area contributed by atoms with Crippen LogP contribution < -0.4 is 10.5 Å². The van der Waals surface area contributed by atoms with E-state index in [1.807, 2.05) is 54.6 Å². The normalized spacial score (nSPS) is 12.1. The number of aryl methyl sites for hydroxylation is 1. The minimum absolute atomic E-state index is 0.120. The Balaban J connectivity index is 2.07. The van der Waals surface area contributed by atoms with Crippen LogP contribution in [0.3, 0.4) is 0 Å². The van der Waals surface area contributed by atoms with Crippen molar-refractivity contribution >= 4 is 0 Å². The van der Waals surface area contributed by atoms with Crippen molar-refractivity contribution in [2.24, 2.45) is 5.73 Å². The quantitative estimate of drug-likeness (QED) is 0.787. The molecule has 2 N–H and O–H groups in total. The Hall–Kier alpha value is -1.84. The van der Waals surface area contributed by atoms with Gasteiger partial charge in [-0.05, 0) is 24.6 Å². The molecule has 0 bridgehead atoms. The van der Waals surface area contributed by atoms with Gasteiger partial charge in [0.2, 0.25) is 0 Å². The Morgan fingerprint density at radius 3 is 2.35 bits per heavy atom. The van der Waals surface area contributed by atoms with Crippen LogP contribution in [0.5, 0.6) is 5.75 Å². The lowest BCUT2D eigenvalue weighted by Crippen LogP contribution is -2.18. The van der Waals surface area contributed by atoms with Crippen LogP contribution in [-0.2, 0) is 4.74 Å². The Morgan fingerprint density at radius 2 is 1.70 bits per heavy atom. The van der Waals surface area contributed by atoms with E-state index < -0.39 is 0 Å². The van der Waals surface area contributed by atoms with Crippen molar-refractivity contribution in [1.82, 2.24) is 0 Å². The third kappa shape index (κ3) is 4.37. The van der Waals surface area contributed by atoms with E-state index in [1.165, 1.54) is 5.56 Å². The highest BCUT2D eigenvalue weighted by molar-refractivity contribution is 5.28. The van der Waals surface area contributed by atoms with Gasteiger partial charge in [-0.2, -0.15) is 0 Å². The number of hydrogen-bond donors (Lipinski definition) is 1. The van der Waals surface area contributed by atoms with Gasteiger partial charge in [-0.3, -0.25) is 0 Å². The predicted octanol–water partition coefficient (Wildman–Crippen LogP) is 3.09. The topological polar surface area (TPSA) is 44.5 Å². The summed E-state index contributed by atoms with van der Waals surface area (Å²) in [5.41, 5.74) is 7.77. The molecule has 0 heterocycles. The van der Waals surface area contributed by atoms with E-state index in [-0.39, 0.29) is 6.10 Å². The van der Waals surface area contributed by atoms with Gasteiger partial charge in [0.25, 0.3) is 0 Å². The first-order valence-electron chi connectivity index (χ1n) is 6.85. The first-order chi connectivity index (χ1) is 9.79. The van der Waals surface area contributed by atoms with E-state index in [9.17, 15) is 0 Å². The lowest BCUT2D eigenvalue weighted by molar-refractivity contribution is 0.0533. The van der Waals surface area contributed by atoms with E-state index in [2.05, 4.69) is 6.92 Å². The molecule has 2 rings (SSSR count). The molecule has 20 heavy (non-hydrogen) atoms. The first kappa shape index (κ1) is 14.6. The molecule has 0 fully saturated rings. The summed E-state index contributed by atoms with van der Waals surface area (Å²) < 4.78 is 11.6. The van der Waals surface area contributed by atoms with Crippen LogP contribution in [0.4, 0.5) is 0 Å². The summed E-state index contributed by atoms with van der Waals surface area (Å²) in [5.74, 6) is 0.848. The molecule has 0 aliphatic rings. The minimum atomic E-state index is -0.120. The maximum absolute atomic E-state index is 6.04. The van der Waals surface area contributed by atoms with Crippen LogP contribution in [0.15, 0.2) is 54.6 Å². The van der Waals surface area contributed by atoms with Crippen LogP contribution in [0.25, 0.3) is 0 Å². The highest BCUT2D eigenvalue weighted by Crippen LogP contribution is 2.22. The van der Waals surface area contributed by atoms with E-state index >= 15 is 0 Å². The van der Waals surface area contributed by atoms with Crippen molar-refractivity contribution in [2.75, 3.05) is 19.8 Å². The van der Waals surface area contributed by atoms with Gasteiger partial charge in [0.05, 0.1) is 13.2 Å². The molecule has 2 aromatic carbocycles. The molecule has 0 saturated carbocycles. The van der Waals surface area contributed by atoms with E-state index in [4.69, 9.17) is 15.2 Å². The lowest BCUT2D eigenvalue weighted by atomic mass is 10.1. The maximum Gasteiger partial charge on any atom is 0.147 e. The maximum atomic E-state index is 6.04. The standard InChI is InChI=1S/C17H21NO2/c1-14-7-9-16(10-8-14)20-17(13-19-12-11-18)15-5-3-2-4-6-15/h2-10,17H,11-13,18H2,1H3. The summed E-state index contributed by atoms with van der Waals surface area (Å²) in [6, 6.07) is 18.1. The highest BCUT2D eigenvalue weighted by atomic mass is 16.5. The Morgan fingerprint density at radius 1 is 1.00 bits per heavy atom. The van der Waals surface area contributed by atoms with Crippen molar-refractivity contribution in [2.45, 2.75) is 13.0 Å². The summed E-state index contributed by atoms with van der Waals surface area (Å²) in [6.45, 7) is 3.62. The molecular formula is C17H21NO2. The summed E-state index contributed by atoms with van der Waals surface area (Å²) in [7, 11) is 0. The monoisotopic (exact) mass is 271 g/mol. The van der Waals surface area contributed by atoms with Crippen LogP contribution in [0, 0.1) is 6.92 Å². The zero-order valence-corrected chi connectivity index (χ0v) is 11.8. The fraction of sp³-hybridized carbons (Fsp3) is 0.294. The van der Waals surface area contributed by atoms with Gasteiger partial charge in [0.15, 0.2) is 0 Å². The molecule has 0 amide bonds. The second-order valence-corrected chi connectivity index (χ2v) is 4.69. The number of nitrogens with two attached hydrogens (primary N) is 1. The molecule has 0 aliphatic carbocycles. The number of benzene rings is 2. The third-order valence-corrected chi connectivity index (χ3v) is 3.00. The van der Waals surface area contributed by atoms with Gasteiger partial charge in [-0.1, -0.05) is 48.0 Å². The van der Waals surface area contributed by atoms with Crippen molar-refractivity contribution in [1.29, 1.82) is 0 Å². The van der Waals surface area contributed by atoms with Crippen molar-refractivity contribution < 1.29 is 9.47 Å². The molecule has 3 nitrogen and oxygen atoms in total. The largest absolute Gasteiger partial charge is 0.483 e. The molecule has 0 spiro atoms. The van der Waals surface area contributed by atoms with E-state index in [0.29, 0.717) is 19.8 Å². The Kier molecular flexibility index (Phi) is 5.59. The average molecular weight is 271 g/mol. The average Bonchev–Trinajstić information content (AvgIpc) is 2.49. The van der Waals surface area contributed by atoms with Crippen molar-refractivity contribution in [3.8, 4) is 5.75 Å². The smallest absolute Gasteiger partial charge is 0.147 e. The van der Waals surface area contributed by atoms with Gasteiger partial charge in [-0.25, -0.2) is 0 Å². The Bertz CT molecular complexity index is 496. The molecule has 1 unspecified atom stereocenters. The van der Waals surface area contributed by atoms with Crippen LogP contribution in [0.1, 0.15) is 17.2 Å². The Labute approximate surface area is 120 Å². The minimum Gasteiger partial charge on any atom is -0.483 e. The molecule has 0 radical (unpaired) electrons. The number of rotatable bonds is 7. The van der Waals surface area contributed by atoms with E-state index in [1.54, 1.807) is 0 Å². The zero-order valence-electron chi connectivity index (χ0n) is 11.8. The number of hydrogen-bond acceptors (Lipinski definition) is 3.